The number of carbonyl (C=O) groups excluding carboxylic acids is 1. The molecule has 0 aliphatic heterocycles. The van der Waals surface area contributed by atoms with Crippen LogP contribution in [0.1, 0.15) is 12.5 Å². The molecular weight excluding hydrogens is 356 g/mol. The van der Waals surface area contributed by atoms with Crippen molar-refractivity contribution in [3.8, 4) is 23.0 Å². The van der Waals surface area contributed by atoms with E-state index < -0.39 is 5.97 Å². The van der Waals surface area contributed by atoms with E-state index in [4.69, 9.17) is 18.9 Å². The third-order valence-corrected chi connectivity index (χ3v) is 3.80. The van der Waals surface area contributed by atoms with Gasteiger partial charge < -0.3 is 18.9 Å². The average Bonchev–Trinajstić information content (AvgIpc) is 2.74. The van der Waals surface area contributed by atoms with Crippen molar-refractivity contribution in [1.29, 1.82) is 0 Å². The van der Waals surface area contributed by atoms with Crippen molar-refractivity contribution in [2.45, 2.75) is 13.5 Å². The minimum atomic E-state index is -0.480. The molecule has 0 aliphatic carbocycles. The molecule has 3 aromatic carbocycles. The Morgan fingerprint density at radius 3 is 1.82 bits per heavy atom. The standard InChI is InChI=1S/C23H22O5/c1-2-25-19-8-10-21(11-9-19)27-17-23(24)28-22-14-12-20(13-15-22)26-16-18-6-4-3-5-7-18/h3-15H,2,16-17H2,1H3. The fraction of sp³-hybridized carbons (Fsp3) is 0.174. The predicted molar refractivity (Wildman–Crippen MR) is 106 cm³/mol. The van der Waals surface area contributed by atoms with Gasteiger partial charge in [0.15, 0.2) is 6.61 Å². The molecule has 0 aromatic heterocycles. The summed E-state index contributed by atoms with van der Waals surface area (Å²) >= 11 is 0. The van der Waals surface area contributed by atoms with Crippen molar-refractivity contribution in [2.75, 3.05) is 13.2 Å². The molecule has 5 heteroatoms. The molecule has 28 heavy (non-hydrogen) atoms. The number of benzene rings is 3. The molecule has 0 saturated carbocycles. The normalized spacial score (nSPS) is 10.2. The zero-order valence-electron chi connectivity index (χ0n) is 15.7. The van der Waals surface area contributed by atoms with Crippen LogP contribution in [0.25, 0.3) is 0 Å². The Bertz CT molecular complexity index is 858. The average molecular weight is 378 g/mol. The lowest BCUT2D eigenvalue weighted by Gasteiger charge is -2.09. The summed E-state index contributed by atoms with van der Waals surface area (Å²) in [6, 6.07) is 23.9. The van der Waals surface area contributed by atoms with Crippen molar-refractivity contribution in [1.82, 2.24) is 0 Å². The lowest BCUT2D eigenvalue weighted by atomic mass is 10.2. The maximum Gasteiger partial charge on any atom is 0.349 e. The molecule has 0 bridgehead atoms. The second-order valence-electron chi connectivity index (χ2n) is 5.91. The lowest BCUT2D eigenvalue weighted by molar-refractivity contribution is -0.136. The van der Waals surface area contributed by atoms with E-state index in [9.17, 15) is 4.79 Å². The van der Waals surface area contributed by atoms with Gasteiger partial charge >= 0.3 is 5.97 Å². The monoisotopic (exact) mass is 378 g/mol. The van der Waals surface area contributed by atoms with Crippen LogP contribution in [0, 0.1) is 0 Å². The lowest BCUT2D eigenvalue weighted by Crippen LogP contribution is -2.17. The second kappa shape index (κ2) is 10.0. The molecule has 5 nitrogen and oxygen atoms in total. The van der Waals surface area contributed by atoms with Crippen LogP contribution in [0.5, 0.6) is 23.0 Å². The largest absolute Gasteiger partial charge is 0.494 e. The first-order valence-electron chi connectivity index (χ1n) is 9.06. The molecule has 0 fully saturated rings. The highest BCUT2D eigenvalue weighted by Crippen LogP contribution is 2.20. The van der Waals surface area contributed by atoms with Crippen LogP contribution in [0.4, 0.5) is 0 Å². The predicted octanol–water partition coefficient (Wildman–Crippen LogP) is 4.65. The van der Waals surface area contributed by atoms with Crippen LogP contribution in [-0.2, 0) is 11.4 Å². The smallest absolute Gasteiger partial charge is 0.349 e. The maximum atomic E-state index is 11.9. The summed E-state index contributed by atoms with van der Waals surface area (Å²) in [7, 11) is 0. The summed E-state index contributed by atoms with van der Waals surface area (Å²) in [5.41, 5.74) is 1.09. The number of carbonyl (C=O) groups is 1. The third-order valence-electron chi connectivity index (χ3n) is 3.80. The number of ether oxygens (including phenoxy) is 4. The van der Waals surface area contributed by atoms with Crippen LogP contribution in [0.15, 0.2) is 78.9 Å². The minimum Gasteiger partial charge on any atom is -0.494 e. The molecule has 0 heterocycles. The van der Waals surface area contributed by atoms with E-state index in [1.54, 1.807) is 48.5 Å². The van der Waals surface area contributed by atoms with E-state index in [1.165, 1.54) is 0 Å². The Labute approximate surface area is 164 Å². The quantitative estimate of drug-likeness (QED) is 0.401. The van der Waals surface area contributed by atoms with Gasteiger partial charge in [0.05, 0.1) is 6.61 Å². The fourth-order valence-electron chi connectivity index (χ4n) is 2.45. The van der Waals surface area contributed by atoms with Gasteiger partial charge in [-0.15, -0.1) is 0 Å². The maximum absolute atomic E-state index is 11.9. The van der Waals surface area contributed by atoms with Crippen molar-refractivity contribution in [3.63, 3.8) is 0 Å². The Hall–Kier alpha value is -3.47. The Kier molecular flexibility index (Phi) is 6.90. The third kappa shape index (κ3) is 6.06. The van der Waals surface area contributed by atoms with Crippen molar-refractivity contribution in [3.05, 3.63) is 84.4 Å². The first-order chi connectivity index (χ1) is 13.7. The molecule has 3 rings (SSSR count). The molecule has 0 amide bonds. The minimum absolute atomic E-state index is 0.180. The first-order valence-corrected chi connectivity index (χ1v) is 9.06. The summed E-state index contributed by atoms with van der Waals surface area (Å²) in [6.07, 6.45) is 0. The van der Waals surface area contributed by atoms with Gasteiger partial charge in [-0.25, -0.2) is 4.79 Å². The van der Waals surface area contributed by atoms with Crippen LogP contribution in [-0.4, -0.2) is 19.2 Å². The van der Waals surface area contributed by atoms with E-state index in [1.807, 2.05) is 37.3 Å². The number of hydrogen-bond acceptors (Lipinski definition) is 5. The van der Waals surface area contributed by atoms with E-state index in [2.05, 4.69) is 0 Å². The van der Waals surface area contributed by atoms with Gasteiger partial charge in [-0.05, 0) is 61.0 Å². The van der Waals surface area contributed by atoms with Crippen molar-refractivity contribution in [2.24, 2.45) is 0 Å². The van der Waals surface area contributed by atoms with Gasteiger partial charge in [0, 0.05) is 0 Å². The highest BCUT2D eigenvalue weighted by atomic mass is 16.6. The molecular formula is C23H22O5. The zero-order chi connectivity index (χ0) is 19.6. The molecule has 0 N–H and O–H groups in total. The summed E-state index contributed by atoms with van der Waals surface area (Å²) in [5.74, 6) is 1.99. The van der Waals surface area contributed by atoms with Gasteiger partial charge in [-0.3, -0.25) is 0 Å². The molecule has 3 aromatic rings. The highest BCUT2D eigenvalue weighted by molar-refractivity contribution is 5.74. The van der Waals surface area contributed by atoms with E-state index in [0.29, 0.717) is 30.5 Å². The summed E-state index contributed by atoms with van der Waals surface area (Å²) in [6.45, 7) is 2.82. The van der Waals surface area contributed by atoms with Crippen LogP contribution >= 0.6 is 0 Å². The fourth-order valence-corrected chi connectivity index (χ4v) is 2.45. The molecule has 0 aliphatic rings. The van der Waals surface area contributed by atoms with Gasteiger partial charge in [0.25, 0.3) is 0 Å². The molecule has 0 atom stereocenters. The number of rotatable bonds is 9. The summed E-state index contributed by atoms with van der Waals surface area (Å²) < 4.78 is 21.8. The molecule has 0 saturated heterocycles. The number of hydrogen-bond donors (Lipinski definition) is 0. The van der Waals surface area contributed by atoms with Crippen molar-refractivity contribution < 1.29 is 23.7 Å². The zero-order valence-corrected chi connectivity index (χ0v) is 15.7. The Balaban J connectivity index is 1.43. The van der Waals surface area contributed by atoms with Crippen LogP contribution in [0.3, 0.4) is 0 Å². The molecule has 0 radical (unpaired) electrons. The summed E-state index contributed by atoms with van der Waals surface area (Å²) in [4.78, 5) is 11.9. The first kappa shape index (κ1) is 19.3. The van der Waals surface area contributed by atoms with Gasteiger partial charge in [0.2, 0.25) is 0 Å². The molecule has 144 valence electrons. The van der Waals surface area contributed by atoms with E-state index in [0.717, 1.165) is 11.3 Å². The summed E-state index contributed by atoms with van der Waals surface area (Å²) in [5, 5.41) is 0. The SMILES string of the molecule is CCOc1ccc(OCC(=O)Oc2ccc(OCc3ccccc3)cc2)cc1. The van der Waals surface area contributed by atoms with Crippen LogP contribution < -0.4 is 18.9 Å². The van der Waals surface area contributed by atoms with E-state index in [-0.39, 0.29) is 6.61 Å². The van der Waals surface area contributed by atoms with Crippen molar-refractivity contribution >= 4 is 5.97 Å². The molecule has 0 spiro atoms. The topological polar surface area (TPSA) is 54.0 Å². The van der Waals surface area contributed by atoms with Crippen LogP contribution in [0.2, 0.25) is 0 Å². The van der Waals surface area contributed by atoms with Gasteiger partial charge in [-0.1, -0.05) is 30.3 Å². The Morgan fingerprint density at radius 1 is 0.679 bits per heavy atom. The van der Waals surface area contributed by atoms with Gasteiger partial charge in [0.1, 0.15) is 29.6 Å². The van der Waals surface area contributed by atoms with E-state index >= 15 is 0 Å². The molecule has 0 unspecified atom stereocenters. The Morgan fingerprint density at radius 2 is 1.21 bits per heavy atom. The number of esters is 1. The van der Waals surface area contributed by atoms with Gasteiger partial charge in [-0.2, -0.15) is 0 Å². The highest BCUT2D eigenvalue weighted by Gasteiger charge is 2.07. The second-order valence-corrected chi connectivity index (χ2v) is 5.91.